The summed E-state index contributed by atoms with van der Waals surface area (Å²) in [6, 6.07) is 19.7. The average Bonchev–Trinajstić information content (AvgIpc) is 2.75. The molecule has 1 amide bonds. The van der Waals surface area contributed by atoms with Gasteiger partial charge in [-0.25, -0.2) is 8.42 Å². The molecule has 156 valence electrons. The minimum Gasteiger partial charge on any atom is -0.354 e. The molecule has 0 aliphatic carbocycles. The van der Waals surface area contributed by atoms with Gasteiger partial charge in [-0.05, 0) is 40.8 Å². The van der Waals surface area contributed by atoms with Gasteiger partial charge in [0.1, 0.15) is 5.25 Å². The quantitative estimate of drug-likeness (QED) is 0.593. The maximum Gasteiger partial charge on any atom is 0.224 e. The van der Waals surface area contributed by atoms with Crippen molar-refractivity contribution >= 4 is 15.7 Å². The molecule has 0 fully saturated rings. The lowest BCUT2D eigenvalue weighted by Gasteiger charge is -2.19. The SMILES string of the molecule is CC(C)c1ccc(S(=O)(=O)[C@@H](CNC(=O)Cc2ccccc2)c2cccnc2)cc1. The number of hydrogen-bond acceptors (Lipinski definition) is 4. The first-order chi connectivity index (χ1) is 14.4. The highest BCUT2D eigenvalue weighted by Crippen LogP contribution is 2.29. The molecule has 0 aliphatic heterocycles. The number of nitrogens with one attached hydrogen (secondary N) is 1. The molecule has 30 heavy (non-hydrogen) atoms. The molecule has 1 aromatic heterocycles. The number of hydrogen-bond donors (Lipinski definition) is 1. The first-order valence-corrected chi connectivity index (χ1v) is 11.5. The fourth-order valence-corrected chi connectivity index (χ4v) is 4.87. The van der Waals surface area contributed by atoms with Crippen LogP contribution in [0.2, 0.25) is 0 Å². The van der Waals surface area contributed by atoms with Gasteiger partial charge in [-0.1, -0.05) is 62.4 Å². The molecule has 3 rings (SSSR count). The van der Waals surface area contributed by atoms with Crippen molar-refractivity contribution in [1.82, 2.24) is 10.3 Å². The fraction of sp³-hybridized carbons (Fsp3) is 0.250. The Morgan fingerprint density at radius 1 is 0.933 bits per heavy atom. The zero-order chi connectivity index (χ0) is 21.6. The first kappa shape index (κ1) is 21.7. The number of carbonyl (C=O) groups is 1. The van der Waals surface area contributed by atoms with Crippen LogP contribution >= 0.6 is 0 Å². The van der Waals surface area contributed by atoms with Crippen LogP contribution in [0.25, 0.3) is 0 Å². The van der Waals surface area contributed by atoms with Crippen LogP contribution in [0.4, 0.5) is 0 Å². The van der Waals surface area contributed by atoms with Gasteiger partial charge in [-0.2, -0.15) is 0 Å². The van der Waals surface area contributed by atoms with Crippen molar-refractivity contribution < 1.29 is 13.2 Å². The second-order valence-electron chi connectivity index (χ2n) is 7.51. The van der Waals surface area contributed by atoms with Crippen LogP contribution in [-0.4, -0.2) is 25.9 Å². The van der Waals surface area contributed by atoms with Gasteiger partial charge in [0.15, 0.2) is 9.84 Å². The summed E-state index contributed by atoms with van der Waals surface area (Å²) in [5.41, 5.74) is 2.49. The van der Waals surface area contributed by atoms with E-state index in [1.54, 1.807) is 30.5 Å². The van der Waals surface area contributed by atoms with Crippen LogP contribution in [0.1, 0.15) is 41.7 Å². The van der Waals surface area contributed by atoms with E-state index >= 15 is 0 Å². The Balaban J connectivity index is 1.82. The maximum atomic E-state index is 13.4. The van der Waals surface area contributed by atoms with Gasteiger partial charge in [0, 0.05) is 18.9 Å². The summed E-state index contributed by atoms with van der Waals surface area (Å²) >= 11 is 0. The molecule has 0 radical (unpaired) electrons. The van der Waals surface area contributed by atoms with Crippen LogP contribution in [0.5, 0.6) is 0 Å². The van der Waals surface area contributed by atoms with E-state index in [0.29, 0.717) is 11.5 Å². The first-order valence-electron chi connectivity index (χ1n) is 9.92. The lowest BCUT2D eigenvalue weighted by atomic mass is 10.0. The van der Waals surface area contributed by atoms with Gasteiger partial charge in [0.2, 0.25) is 5.91 Å². The summed E-state index contributed by atoms with van der Waals surface area (Å²) in [4.78, 5) is 16.7. The molecule has 0 unspecified atom stereocenters. The van der Waals surface area contributed by atoms with Gasteiger partial charge < -0.3 is 5.32 Å². The van der Waals surface area contributed by atoms with E-state index in [2.05, 4.69) is 24.1 Å². The van der Waals surface area contributed by atoms with Gasteiger partial charge in [-0.3, -0.25) is 9.78 Å². The third-order valence-electron chi connectivity index (χ3n) is 5.00. The highest BCUT2D eigenvalue weighted by Gasteiger charge is 2.30. The van der Waals surface area contributed by atoms with Gasteiger partial charge in [-0.15, -0.1) is 0 Å². The predicted molar refractivity (Wildman–Crippen MR) is 118 cm³/mol. The topological polar surface area (TPSA) is 76.1 Å². The minimum atomic E-state index is -3.72. The number of carbonyl (C=O) groups excluding carboxylic acids is 1. The number of pyridine rings is 1. The van der Waals surface area contributed by atoms with E-state index in [9.17, 15) is 13.2 Å². The Morgan fingerprint density at radius 2 is 1.63 bits per heavy atom. The summed E-state index contributed by atoms with van der Waals surface area (Å²) < 4.78 is 26.8. The van der Waals surface area contributed by atoms with E-state index in [1.807, 2.05) is 42.5 Å². The van der Waals surface area contributed by atoms with Crippen LogP contribution in [0.15, 0.2) is 84.0 Å². The van der Waals surface area contributed by atoms with Gasteiger partial charge in [0.25, 0.3) is 0 Å². The molecule has 0 saturated heterocycles. The Bertz CT molecular complexity index is 1060. The van der Waals surface area contributed by atoms with Crippen molar-refractivity contribution in [2.24, 2.45) is 0 Å². The molecule has 6 heteroatoms. The Kier molecular flexibility index (Phi) is 7.00. The summed E-state index contributed by atoms with van der Waals surface area (Å²) in [5, 5.41) is 1.87. The second-order valence-corrected chi connectivity index (χ2v) is 9.64. The van der Waals surface area contributed by atoms with Crippen molar-refractivity contribution in [2.75, 3.05) is 6.54 Å². The van der Waals surface area contributed by atoms with Crippen molar-refractivity contribution in [3.8, 4) is 0 Å². The van der Waals surface area contributed by atoms with Crippen LogP contribution in [0.3, 0.4) is 0 Å². The second kappa shape index (κ2) is 9.67. The van der Waals surface area contributed by atoms with Gasteiger partial charge in [0.05, 0.1) is 11.3 Å². The average molecular weight is 423 g/mol. The summed E-state index contributed by atoms with van der Waals surface area (Å²) in [5.74, 6) is 0.0913. The van der Waals surface area contributed by atoms with Crippen LogP contribution < -0.4 is 5.32 Å². The molecular formula is C24H26N2O3S. The monoisotopic (exact) mass is 422 g/mol. The number of aromatic nitrogens is 1. The normalized spacial score (nSPS) is 12.5. The summed E-state index contributed by atoms with van der Waals surface area (Å²) in [6.07, 6.45) is 3.33. The summed E-state index contributed by atoms with van der Waals surface area (Å²) in [6.45, 7) is 4.10. The molecule has 0 saturated carbocycles. The largest absolute Gasteiger partial charge is 0.354 e. The van der Waals surface area contributed by atoms with Crippen molar-refractivity contribution in [2.45, 2.75) is 36.3 Å². The Labute approximate surface area is 178 Å². The lowest BCUT2D eigenvalue weighted by molar-refractivity contribution is -0.120. The number of sulfone groups is 1. The minimum absolute atomic E-state index is 0.0222. The number of benzene rings is 2. The third kappa shape index (κ3) is 5.33. The van der Waals surface area contributed by atoms with Crippen molar-refractivity contribution in [3.63, 3.8) is 0 Å². The fourth-order valence-electron chi connectivity index (χ4n) is 3.23. The van der Waals surface area contributed by atoms with E-state index < -0.39 is 15.1 Å². The summed E-state index contributed by atoms with van der Waals surface area (Å²) in [7, 11) is -3.72. The van der Waals surface area contributed by atoms with Crippen LogP contribution in [-0.2, 0) is 21.1 Å². The Hall–Kier alpha value is -2.99. The zero-order valence-corrected chi connectivity index (χ0v) is 18.0. The van der Waals surface area contributed by atoms with E-state index in [1.165, 1.54) is 6.20 Å². The maximum absolute atomic E-state index is 13.4. The molecule has 1 atom stereocenters. The molecule has 2 aromatic carbocycles. The molecule has 1 heterocycles. The smallest absolute Gasteiger partial charge is 0.224 e. The lowest BCUT2D eigenvalue weighted by Crippen LogP contribution is -2.33. The van der Waals surface area contributed by atoms with Crippen LogP contribution in [0, 0.1) is 0 Å². The number of rotatable bonds is 8. The third-order valence-corrected chi connectivity index (χ3v) is 7.12. The molecule has 5 nitrogen and oxygen atoms in total. The number of amides is 1. The molecule has 0 spiro atoms. The van der Waals surface area contributed by atoms with E-state index in [-0.39, 0.29) is 23.8 Å². The molecule has 3 aromatic rings. The predicted octanol–water partition coefficient (Wildman–Crippen LogP) is 4.08. The highest BCUT2D eigenvalue weighted by molar-refractivity contribution is 7.91. The highest BCUT2D eigenvalue weighted by atomic mass is 32.2. The van der Waals surface area contributed by atoms with E-state index in [4.69, 9.17) is 0 Å². The standard InChI is InChI=1S/C24H26N2O3S/c1-18(2)20-10-12-22(13-11-20)30(28,29)23(21-9-6-14-25-16-21)17-26-24(27)15-19-7-4-3-5-8-19/h3-14,16,18,23H,15,17H2,1-2H3,(H,26,27)/t23-/m0/s1. The van der Waals surface area contributed by atoms with Crippen molar-refractivity contribution in [3.05, 3.63) is 95.8 Å². The Morgan fingerprint density at radius 3 is 2.23 bits per heavy atom. The molecule has 0 aliphatic rings. The number of nitrogens with zero attached hydrogens (tertiary/aromatic N) is 1. The van der Waals surface area contributed by atoms with Gasteiger partial charge >= 0.3 is 0 Å². The zero-order valence-electron chi connectivity index (χ0n) is 17.2. The molecule has 0 bridgehead atoms. The molecular weight excluding hydrogens is 396 g/mol. The van der Waals surface area contributed by atoms with E-state index in [0.717, 1.165) is 11.1 Å². The van der Waals surface area contributed by atoms with Crippen molar-refractivity contribution in [1.29, 1.82) is 0 Å². The molecule has 1 N–H and O–H groups in total.